The van der Waals surface area contributed by atoms with E-state index in [2.05, 4.69) is 31.6 Å². The van der Waals surface area contributed by atoms with Gasteiger partial charge < -0.3 is 11.6 Å². The Morgan fingerprint density at radius 2 is 2.25 bits per heavy atom. The number of nitrogens with two attached hydrogens (primary N) is 4. The predicted molar refractivity (Wildman–Crippen MR) is 50.8 cm³/mol. The van der Waals surface area contributed by atoms with Gasteiger partial charge in [0, 0.05) is 0 Å². The number of nitrogens with one attached hydrogen (secondary N) is 2. The van der Waals surface area contributed by atoms with Crippen molar-refractivity contribution in [1.82, 2.24) is 25.7 Å². The molecule has 14 heteroatoms. The molecule has 0 amide bonds. The fourth-order valence-electron chi connectivity index (χ4n) is 0.360. The van der Waals surface area contributed by atoms with Crippen LogP contribution in [0.25, 0.3) is 0 Å². The standard InChI is InChI=1S/CH2N6O2.CH8N6/c8-7(9)4-1-2-5-6-3-1;2-1(6-3)7(4)5/h(H2,2,3,4,5,6);3-5H2,(H2,2,6). The molecule has 0 bridgehead atoms. The number of rotatable bonds is 2. The minimum atomic E-state index is -0.762. The van der Waals surface area contributed by atoms with Gasteiger partial charge in [-0.05, 0) is 10.4 Å². The van der Waals surface area contributed by atoms with Crippen LogP contribution in [-0.4, -0.2) is 36.7 Å². The Bertz CT molecular complexity index is 327. The molecule has 0 saturated heterocycles. The Morgan fingerprint density at radius 3 is 2.50 bits per heavy atom. The van der Waals surface area contributed by atoms with E-state index in [-0.39, 0.29) is 11.9 Å². The zero-order chi connectivity index (χ0) is 12.6. The number of aromatic amines is 1. The van der Waals surface area contributed by atoms with Crippen molar-refractivity contribution >= 4 is 11.9 Å². The summed E-state index contributed by atoms with van der Waals surface area (Å²) >= 11 is 0. The van der Waals surface area contributed by atoms with E-state index in [0.29, 0.717) is 5.12 Å². The summed E-state index contributed by atoms with van der Waals surface area (Å²) < 4.78 is 0. The minimum Gasteiger partial charge on any atom is -0.366 e. The lowest BCUT2D eigenvalue weighted by Crippen LogP contribution is -2.48. The Kier molecular flexibility index (Phi) is 5.53. The number of tetrazole rings is 1. The third-order valence-corrected chi connectivity index (χ3v) is 0.939. The van der Waals surface area contributed by atoms with Gasteiger partial charge in [0.2, 0.25) is 5.96 Å². The van der Waals surface area contributed by atoms with Gasteiger partial charge in [-0.1, -0.05) is 10.5 Å². The SMILES string of the molecule is NN=C(N)N(N)N.O=[N+]([O-])Nc1nnn[nH]1. The lowest BCUT2D eigenvalue weighted by atomic mass is 11.0. The maximum Gasteiger partial charge on any atom is 0.301 e. The molecular weight excluding hydrogens is 224 g/mol. The van der Waals surface area contributed by atoms with Gasteiger partial charge >= 0.3 is 5.95 Å². The van der Waals surface area contributed by atoms with Gasteiger partial charge in [0.05, 0.1) is 0 Å². The molecule has 0 saturated carbocycles. The van der Waals surface area contributed by atoms with Crippen LogP contribution in [0.5, 0.6) is 0 Å². The molecule has 0 fully saturated rings. The van der Waals surface area contributed by atoms with Gasteiger partial charge in [0.1, 0.15) is 0 Å². The molecule has 14 nitrogen and oxygen atoms in total. The summed E-state index contributed by atoms with van der Waals surface area (Å²) in [6, 6.07) is 0. The highest BCUT2D eigenvalue weighted by Gasteiger charge is 1.99. The average molecular weight is 234 g/mol. The molecule has 1 aromatic heterocycles. The van der Waals surface area contributed by atoms with Crippen LogP contribution in [0.2, 0.25) is 0 Å². The number of hydrazine groups is 3. The van der Waals surface area contributed by atoms with Crippen LogP contribution in [-0.2, 0) is 0 Å². The fourth-order valence-corrected chi connectivity index (χ4v) is 0.360. The van der Waals surface area contributed by atoms with Gasteiger partial charge in [-0.25, -0.2) is 32.0 Å². The lowest BCUT2D eigenvalue weighted by molar-refractivity contribution is -0.446. The molecule has 1 heterocycles. The molecule has 0 atom stereocenters. The maximum absolute atomic E-state index is 9.65. The Morgan fingerprint density at radius 1 is 1.62 bits per heavy atom. The van der Waals surface area contributed by atoms with E-state index in [1.165, 1.54) is 0 Å². The Labute approximate surface area is 87.7 Å². The maximum atomic E-state index is 9.65. The van der Waals surface area contributed by atoms with Gasteiger partial charge in [-0.3, -0.25) is 0 Å². The molecule has 0 aliphatic rings. The predicted octanol–water partition coefficient (Wildman–Crippen LogP) is -3.97. The van der Waals surface area contributed by atoms with Crippen molar-refractivity contribution in [2.45, 2.75) is 0 Å². The van der Waals surface area contributed by atoms with Crippen LogP contribution in [0.4, 0.5) is 5.95 Å². The normalized spacial score (nSPS) is 10.0. The third kappa shape index (κ3) is 5.83. The zero-order valence-electron chi connectivity index (χ0n) is 7.81. The summed E-state index contributed by atoms with van der Waals surface area (Å²) in [6.45, 7) is 0. The van der Waals surface area contributed by atoms with E-state index in [1.807, 2.05) is 0 Å². The largest absolute Gasteiger partial charge is 0.366 e. The molecular formula is C2H10N12O2. The van der Waals surface area contributed by atoms with E-state index in [0.717, 1.165) is 0 Å². The second-order valence-corrected chi connectivity index (χ2v) is 2.01. The highest BCUT2D eigenvalue weighted by Crippen LogP contribution is 1.86. The number of hydrazone groups is 1. The highest BCUT2D eigenvalue weighted by molar-refractivity contribution is 5.76. The van der Waals surface area contributed by atoms with E-state index in [9.17, 15) is 10.1 Å². The van der Waals surface area contributed by atoms with Crippen LogP contribution in [0, 0.1) is 10.1 Å². The van der Waals surface area contributed by atoms with E-state index in [4.69, 9.17) is 17.4 Å². The topological polar surface area (TPSA) is 229 Å². The van der Waals surface area contributed by atoms with Gasteiger partial charge in [0.25, 0.3) is 0 Å². The second kappa shape index (κ2) is 6.68. The number of nitrogens with zero attached hydrogens (tertiary/aromatic N) is 6. The number of aromatic nitrogens is 4. The molecule has 0 spiro atoms. The first-order valence-electron chi connectivity index (χ1n) is 3.45. The van der Waals surface area contributed by atoms with Crippen LogP contribution in [0.1, 0.15) is 0 Å². The first-order valence-corrected chi connectivity index (χ1v) is 3.45. The van der Waals surface area contributed by atoms with E-state index >= 15 is 0 Å². The van der Waals surface area contributed by atoms with E-state index < -0.39 is 5.03 Å². The Hall–Kier alpha value is -2.74. The summed E-state index contributed by atoms with van der Waals surface area (Å²) in [5.41, 5.74) is 6.63. The molecule has 1 aromatic rings. The van der Waals surface area contributed by atoms with Crippen molar-refractivity contribution in [3.05, 3.63) is 10.1 Å². The monoisotopic (exact) mass is 234 g/mol. The van der Waals surface area contributed by atoms with Crippen LogP contribution in [0.15, 0.2) is 5.10 Å². The van der Waals surface area contributed by atoms with E-state index in [1.54, 1.807) is 5.43 Å². The molecule has 10 N–H and O–H groups in total. The van der Waals surface area contributed by atoms with Crippen molar-refractivity contribution in [3.8, 4) is 0 Å². The van der Waals surface area contributed by atoms with Crippen molar-refractivity contribution < 1.29 is 5.03 Å². The number of anilines is 1. The minimum absolute atomic E-state index is 0.0833. The molecule has 0 aliphatic heterocycles. The number of hydrogen-bond acceptors (Lipinski definition) is 9. The zero-order valence-corrected chi connectivity index (χ0v) is 7.81. The average Bonchev–Trinajstić information content (AvgIpc) is 2.69. The lowest BCUT2D eigenvalue weighted by Gasteiger charge is -2.06. The highest BCUT2D eigenvalue weighted by atomic mass is 16.7. The van der Waals surface area contributed by atoms with Crippen LogP contribution < -0.4 is 28.7 Å². The second-order valence-electron chi connectivity index (χ2n) is 2.01. The first-order chi connectivity index (χ1) is 7.47. The summed E-state index contributed by atoms with van der Waals surface area (Å²) in [5.74, 6) is 14.1. The van der Waals surface area contributed by atoms with Crippen LogP contribution in [0.3, 0.4) is 0 Å². The number of nitro groups is 1. The Balaban J connectivity index is 0.000000293. The van der Waals surface area contributed by atoms with Crippen LogP contribution >= 0.6 is 0 Å². The van der Waals surface area contributed by atoms with Crippen molar-refractivity contribution in [3.63, 3.8) is 0 Å². The summed E-state index contributed by atoms with van der Waals surface area (Å²) in [6.07, 6.45) is 0. The summed E-state index contributed by atoms with van der Waals surface area (Å²) in [7, 11) is 0. The molecule has 90 valence electrons. The smallest absolute Gasteiger partial charge is 0.301 e. The number of hydrogen-bond donors (Lipinski definition) is 6. The molecule has 1 rings (SSSR count). The molecule has 16 heavy (non-hydrogen) atoms. The van der Waals surface area contributed by atoms with Gasteiger partial charge in [0.15, 0.2) is 5.03 Å². The van der Waals surface area contributed by atoms with Gasteiger partial charge in [-0.2, -0.15) is 0 Å². The number of H-pyrrole nitrogens is 1. The van der Waals surface area contributed by atoms with Crippen molar-refractivity contribution in [2.75, 3.05) is 5.43 Å². The number of guanidine groups is 1. The quantitative estimate of drug-likeness (QED) is 0.0948. The first kappa shape index (κ1) is 13.3. The summed E-state index contributed by atoms with van der Waals surface area (Å²) in [4.78, 5) is 9.65. The molecule has 0 unspecified atom stereocenters. The molecule has 0 aromatic carbocycles. The van der Waals surface area contributed by atoms with Crippen molar-refractivity contribution in [1.29, 1.82) is 0 Å². The van der Waals surface area contributed by atoms with Crippen molar-refractivity contribution in [2.24, 2.45) is 28.4 Å². The molecule has 0 aliphatic carbocycles. The van der Waals surface area contributed by atoms with Gasteiger partial charge in [-0.15, -0.1) is 5.10 Å². The third-order valence-electron chi connectivity index (χ3n) is 0.939. The fraction of sp³-hybridized carbons (Fsp3) is 0. The molecule has 0 radical (unpaired) electrons. The summed E-state index contributed by atoms with van der Waals surface area (Å²) in [5, 5.41) is 24.0.